The number of amides is 1. The lowest BCUT2D eigenvalue weighted by atomic mass is 10.2. The minimum absolute atomic E-state index is 0.246. The average molecular weight is 344 g/mol. The van der Waals surface area contributed by atoms with E-state index >= 15 is 0 Å². The van der Waals surface area contributed by atoms with Gasteiger partial charge in [0.15, 0.2) is 6.61 Å². The van der Waals surface area contributed by atoms with Gasteiger partial charge >= 0.3 is 5.97 Å². The summed E-state index contributed by atoms with van der Waals surface area (Å²) in [6, 6.07) is 8.19. The summed E-state index contributed by atoms with van der Waals surface area (Å²) < 4.78 is 4.91. The summed E-state index contributed by atoms with van der Waals surface area (Å²) in [4.78, 5) is 24.3. The van der Waals surface area contributed by atoms with Crippen LogP contribution in [0.2, 0.25) is 10.0 Å². The van der Waals surface area contributed by atoms with Crippen LogP contribution in [0.4, 0.5) is 0 Å². The minimum atomic E-state index is -0.625. The van der Waals surface area contributed by atoms with Crippen molar-refractivity contribution in [1.82, 2.24) is 5.32 Å². The second kappa shape index (κ2) is 7.45. The lowest BCUT2D eigenvalue weighted by Gasteiger charge is -2.06. The molecule has 0 spiro atoms. The molecule has 21 heavy (non-hydrogen) atoms. The highest BCUT2D eigenvalue weighted by Gasteiger charge is 2.11. The monoisotopic (exact) mass is 343 g/mol. The number of nitrogens with one attached hydrogen (secondary N) is 1. The van der Waals surface area contributed by atoms with Crippen LogP contribution >= 0.6 is 34.5 Å². The van der Waals surface area contributed by atoms with E-state index in [-0.39, 0.29) is 23.1 Å². The molecule has 7 heteroatoms. The lowest BCUT2D eigenvalue weighted by Crippen LogP contribution is -2.28. The molecule has 4 nitrogen and oxygen atoms in total. The number of hydrogen-bond acceptors (Lipinski definition) is 4. The predicted octanol–water partition coefficient (Wildman–Crippen LogP) is 3.53. The van der Waals surface area contributed by atoms with Crippen molar-refractivity contribution in [1.29, 1.82) is 0 Å². The van der Waals surface area contributed by atoms with Gasteiger partial charge in [0.05, 0.1) is 22.2 Å². The summed E-state index contributed by atoms with van der Waals surface area (Å²) in [5, 5.41) is 5.19. The van der Waals surface area contributed by atoms with Gasteiger partial charge in [0.25, 0.3) is 5.91 Å². The zero-order valence-corrected chi connectivity index (χ0v) is 13.1. The van der Waals surface area contributed by atoms with Crippen LogP contribution in [0.5, 0.6) is 0 Å². The first-order chi connectivity index (χ1) is 10.1. The highest BCUT2D eigenvalue weighted by Crippen LogP contribution is 2.22. The Kier molecular flexibility index (Phi) is 5.61. The number of carbonyl (C=O) groups excluding carboxylic acids is 2. The molecule has 0 aliphatic rings. The number of ether oxygens (including phenoxy) is 1. The molecule has 1 N–H and O–H groups in total. The smallest absolute Gasteiger partial charge is 0.338 e. The Labute approximate surface area is 135 Å². The van der Waals surface area contributed by atoms with Gasteiger partial charge in [0, 0.05) is 4.88 Å². The molecule has 0 fully saturated rings. The summed E-state index contributed by atoms with van der Waals surface area (Å²) in [6.07, 6.45) is 0. The van der Waals surface area contributed by atoms with Gasteiger partial charge in [-0.15, -0.1) is 11.3 Å². The number of carbonyl (C=O) groups is 2. The van der Waals surface area contributed by atoms with Crippen LogP contribution in [0.25, 0.3) is 0 Å². The fraction of sp³-hybridized carbons (Fsp3) is 0.143. The van der Waals surface area contributed by atoms with Crippen LogP contribution in [0, 0.1) is 0 Å². The zero-order chi connectivity index (χ0) is 15.2. The molecule has 0 aliphatic heterocycles. The van der Waals surface area contributed by atoms with Crippen molar-refractivity contribution < 1.29 is 14.3 Å². The number of rotatable bonds is 5. The van der Waals surface area contributed by atoms with E-state index in [0.29, 0.717) is 11.6 Å². The van der Waals surface area contributed by atoms with Crippen LogP contribution in [0.15, 0.2) is 35.7 Å². The first-order valence-corrected chi connectivity index (χ1v) is 7.61. The quantitative estimate of drug-likeness (QED) is 0.845. The highest BCUT2D eigenvalue weighted by atomic mass is 35.5. The van der Waals surface area contributed by atoms with E-state index in [9.17, 15) is 9.59 Å². The van der Waals surface area contributed by atoms with Crippen molar-refractivity contribution in [2.75, 3.05) is 6.61 Å². The molecule has 1 amide bonds. The van der Waals surface area contributed by atoms with E-state index in [1.54, 1.807) is 0 Å². The van der Waals surface area contributed by atoms with Gasteiger partial charge in [-0.3, -0.25) is 4.79 Å². The maximum absolute atomic E-state index is 11.7. The fourth-order valence-electron chi connectivity index (χ4n) is 1.49. The summed E-state index contributed by atoms with van der Waals surface area (Å²) in [7, 11) is 0. The molecule has 1 aromatic heterocycles. The predicted molar refractivity (Wildman–Crippen MR) is 82.9 cm³/mol. The van der Waals surface area contributed by atoms with E-state index in [0.717, 1.165) is 4.88 Å². The molecular weight excluding hydrogens is 333 g/mol. The third-order valence-electron chi connectivity index (χ3n) is 2.53. The van der Waals surface area contributed by atoms with Crippen LogP contribution < -0.4 is 5.32 Å². The second-order valence-electron chi connectivity index (χ2n) is 4.06. The van der Waals surface area contributed by atoms with E-state index in [1.165, 1.54) is 29.5 Å². The topological polar surface area (TPSA) is 55.4 Å². The lowest BCUT2D eigenvalue weighted by molar-refractivity contribution is -0.124. The molecule has 2 rings (SSSR count). The van der Waals surface area contributed by atoms with Gasteiger partial charge in [-0.2, -0.15) is 0 Å². The van der Waals surface area contributed by atoms with E-state index in [4.69, 9.17) is 27.9 Å². The van der Waals surface area contributed by atoms with Crippen molar-refractivity contribution in [2.24, 2.45) is 0 Å². The Bertz CT molecular complexity index is 644. The molecule has 1 heterocycles. The maximum Gasteiger partial charge on any atom is 0.338 e. The molecule has 0 radical (unpaired) electrons. The molecule has 0 atom stereocenters. The Morgan fingerprint density at radius 1 is 1.19 bits per heavy atom. The Morgan fingerprint density at radius 3 is 2.67 bits per heavy atom. The first-order valence-electron chi connectivity index (χ1n) is 5.97. The number of hydrogen-bond donors (Lipinski definition) is 1. The fourth-order valence-corrected chi connectivity index (χ4v) is 2.43. The molecule has 1 aromatic carbocycles. The SMILES string of the molecule is O=C(COC(=O)c1ccc(Cl)c(Cl)c1)NCc1cccs1. The molecule has 2 aromatic rings. The standard InChI is InChI=1S/C14H11Cl2NO3S/c15-11-4-3-9(6-12(11)16)14(19)20-8-13(18)17-7-10-2-1-5-21-10/h1-6H,7-8H2,(H,17,18). The average Bonchev–Trinajstić information content (AvgIpc) is 2.98. The Balaban J connectivity index is 1.80. The van der Waals surface area contributed by atoms with Crippen LogP contribution in [-0.4, -0.2) is 18.5 Å². The molecule has 0 bridgehead atoms. The number of esters is 1. The van der Waals surface area contributed by atoms with Crippen molar-refractivity contribution in [3.8, 4) is 0 Å². The van der Waals surface area contributed by atoms with Crippen molar-refractivity contribution in [2.45, 2.75) is 6.54 Å². The summed E-state index contributed by atoms with van der Waals surface area (Å²) in [6.45, 7) is 0.0747. The van der Waals surface area contributed by atoms with Gasteiger partial charge in [0.2, 0.25) is 0 Å². The van der Waals surface area contributed by atoms with Crippen molar-refractivity contribution >= 4 is 46.4 Å². The molecule has 110 valence electrons. The van der Waals surface area contributed by atoms with Gasteiger partial charge < -0.3 is 10.1 Å². The normalized spacial score (nSPS) is 10.2. The number of thiophene rings is 1. The van der Waals surface area contributed by atoms with E-state index in [2.05, 4.69) is 5.32 Å². The second-order valence-corrected chi connectivity index (χ2v) is 5.91. The molecule has 0 unspecified atom stereocenters. The molecular formula is C14H11Cl2NO3S. The maximum atomic E-state index is 11.7. The first kappa shape index (κ1) is 15.8. The number of halogens is 2. The third-order valence-corrected chi connectivity index (χ3v) is 4.14. The van der Waals surface area contributed by atoms with Gasteiger partial charge in [0.1, 0.15) is 0 Å². The summed E-state index contributed by atoms with van der Waals surface area (Å²) >= 11 is 13.1. The van der Waals surface area contributed by atoms with Gasteiger partial charge in [-0.05, 0) is 29.6 Å². The van der Waals surface area contributed by atoms with Crippen LogP contribution in [-0.2, 0) is 16.1 Å². The third kappa shape index (κ3) is 4.74. The Morgan fingerprint density at radius 2 is 2.00 bits per heavy atom. The summed E-state index contributed by atoms with van der Waals surface area (Å²) in [5.74, 6) is -0.989. The minimum Gasteiger partial charge on any atom is -0.452 e. The molecule has 0 aliphatic carbocycles. The largest absolute Gasteiger partial charge is 0.452 e. The number of benzene rings is 1. The van der Waals surface area contributed by atoms with E-state index < -0.39 is 5.97 Å². The molecule has 0 saturated carbocycles. The Hall–Kier alpha value is -1.56. The highest BCUT2D eigenvalue weighted by molar-refractivity contribution is 7.09. The van der Waals surface area contributed by atoms with Gasteiger partial charge in [-0.1, -0.05) is 29.3 Å². The van der Waals surface area contributed by atoms with Crippen molar-refractivity contribution in [3.63, 3.8) is 0 Å². The zero-order valence-electron chi connectivity index (χ0n) is 10.8. The van der Waals surface area contributed by atoms with E-state index in [1.807, 2.05) is 17.5 Å². The molecule has 0 saturated heterocycles. The van der Waals surface area contributed by atoms with Crippen LogP contribution in [0.1, 0.15) is 15.2 Å². The van der Waals surface area contributed by atoms with Crippen molar-refractivity contribution in [3.05, 3.63) is 56.2 Å². The van der Waals surface area contributed by atoms with Crippen LogP contribution in [0.3, 0.4) is 0 Å². The van der Waals surface area contributed by atoms with Gasteiger partial charge in [-0.25, -0.2) is 4.79 Å². The summed E-state index contributed by atoms with van der Waals surface area (Å²) in [5.41, 5.74) is 0.246.